The average molecular weight is 546 g/mol. The third-order valence-corrected chi connectivity index (χ3v) is 8.14. The van der Waals surface area contributed by atoms with Crippen LogP contribution in [0.25, 0.3) is 0 Å². The zero-order chi connectivity index (χ0) is 27.2. The second-order valence-electron chi connectivity index (χ2n) is 10.5. The lowest BCUT2D eigenvalue weighted by molar-refractivity contribution is -0.118. The number of rotatable bonds is 7. The van der Waals surface area contributed by atoms with E-state index in [1.807, 2.05) is 60.4 Å². The Kier molecular flexibility index (Phi) is 8.72. The van der Waals surface area contributed by atoms with Gasteiger partial charge in [0.2, 0.25) is 0 Å². The van der Waals surface area contributed by atoms with Crippen molar-refractivity contribution in [3.8, 4) is 5.75 Å². The van der Waals surface area contributed by atoms with Crippen LogP contribution in [0.15, 0.2) is 66.7 Å². The normalized spacial score (nSPS) is 16.2. The van der Waals surface area contributed by atoms with Crippen molar-refractivity contribution in [3.63, 3.8) is 0 Å². The Labute approximate surface area is 235 Å². The van der Waals surface area contributed by atoms with Crippen LogP contribution in [0.2, 0.25) is 5.02 Å². The van der Waals surface area contributed by atoms with Gasteiger partial charge in [0.15, 0.2) is 6.61 Å². The topological polar surface area (TPSA) is 61.9 Å². The Morgan fingerprint density at radius 2 is 1.64 bits per heavy atom. The number of anilines is 2. The quantitative estimate of drug-likeness (QED) is 0.360. The molecule has 1 aliphatic carbocycles. The molecule has 2 aliphatic rings. The van der Waals surface area contributed by atoms with Crippen molar-refractivity contribution < 1.29 is 14.3 Å². The predicted octanol–water partition coefficient (Wildman–Crippen LogP) is 6.68. The van der Waals surface area contributed by atoms with Crippen LogP contribution >= 0.6 is 11.6 Å². The van der Waals surface area contributed by atoms with Crippen molar-refractivity contribution >= 4 is 34.8 Å². The van der Waals surface area contributed by atoms with E-state index in [0.717, 1.165) is 16.8 Å². The predicted molar refractivity (Wildman–Crippen MR) is 157 cm³/mol. The molecule has 3 aromatic rings. The number of carbonyl (C=O) groups excluding carboxylic acids is 2. The minimum atomic E-state index is -0.237. The van der Waals surface area contributed by atoms with Crippen LogP contribution in [-0.4, -0.2) is 49.5 Å². The Balaban J connectivity index is 1.10. The van der Waals surface area contributed by atoms with E-state index in [1.165, 1.54) is 37.7 Å². The van der Waals surface area contributed by atoms with Crippen LogP contribution < -0.4 is 15.0 Å². The number of nitrogens with one attached hydrogen (secondary N) is 1. The van der Waals surface area contributed by atoms with E-state index >= 15 is 0 Å². The molecule has 0 aromatic heterocycles. The van der Waals surface area contributed by atoms with Gasteiger partial charge in [0.1, 0.15) is 5.75 Å². The molecule has 6 nitrogen and oxygen atoms in total. The summed E-state index contributed by atoms with van der Waals surface area (Å²) in [5.74, 6) is 1.17. The molecule has 5 rings (SSSR count). The van der Waals surface area contributed by atoms with Gasteiger partial charge in [0, 0.05) is 37.4 Å². The van der Waals surface area contributed by atoms with Crippen molar-refractivity contribution in [2.75, 3.05) is 43.0 Å². The molecule has 0 spiro atoms. The molecule has 0 atom stereocenters. The van der Waals surface area contributed by atoms with Gasteiger partial charge in [-0.05, 0) is 73.2 Å². The highest BCUT2D eigenvalue weighted by Crippen LogP contribution is 2.33. The Morgan fingerprint density at radius 3 is 2.33 bits per heavy atom. The molecule has 7 heteroatoms. The SMILES string of the molecule is Cc1ccccc1C(=O)N1CCN(c2ccc(NC(=O)COc3ccc(C4CCCCC4)cc3)cc2Cl)CC1. The van der Waals surface area contributed by atoms with Crippen molar-refractivity contribution in [1.82, 2.24) is 4.90 Å². The fourth-order valence-corrected chi connectivity index (χ4v) is 5.89. The maximum atomic E-state index is 12.9. The fourth-order valence-electron chi connectivity index (χ4n) is 5.59. The monoisotopic (exact) mass is 545 g/mol. The van der Waals surface area contributed by atoms with E-state index < -0.39 is 0 Å². The molecule has 1 saturated carbocycles. The summed E-state index contributed by atoms with van der Waals surface area (Å²) < 4.78 is 5.71. The number of ether oxygens (including phenoxy) is 1. The third kappa shape index (κ3) is 6.74. The second kappa shape index (κ2) is 12.6. The van der Waals surface area contributed by atoms with Crippen LogP contribution in [0, 0.1) is 6.92 Å². The maximum absolute atomic E-state index is 12.9. The first-order valence-electron chi connectivity index (χ1n) is 13.9. The van der Waals surface area contributed by atoms with E-state index in [4.69, 9.17) is 16.3 Å². The van der Waals surface area contributed by atoms with E-state index in [1.54, 1.807) is 6.07 Å². The summed E-state index contributed by atoms with van der Waals surface area (Å²) in [5.41, 5.74) is 4.62. The van der Waals surface area contributed by atoms with Crippen molar-refractivity contribution in [1.29, 1.82) is 0 Å². The Hall–Kier alpha value is -3.51. The van der Waals surface area contributed by atoms with Crippen LogP contribution in [0.1, 0.15) is 59.5 Å². The van der Waals surface area contributed by atoms with Gasteiger partial charge in [-0.15, -0.1) is 0 Å². The van der Waals surface area contributed by atoms with Gasteiger partial charge < -0.3 is 19.9 Å². The molecule has 1 aliphatic heterocycles. The summed E-state index contributed by atoms with van der Waals surface area (Å²) in [7, 11) is 0. The van der Waals surface area contributed by atoms with Gasteiger partial charge in [-0.2, -0.15) is 0 Å². The molecule has 2 amide bonds. The first kappa shape index (κ1) is 27.1. The lowest BCUT2D eigenvalue weighted by atomic mass is 9.84. The molecular formula is C32H36ClN3O3. The summed E-state index contributed by atoms with van der Waals surface area (Å²) in [5, 5.41) is 3.43. The van der Waals surface area contributed by atoms with Gasteiger partial charge in [0.25, 0.3) is 11.8 Å². The van der Waals surface area contributed by atoms with Crippen molar-refractivity contribution in [2.24, 2.45) is 0 Å². The number of halogens is 1. The molecule has 39 heavy (non-hydrogen) atoms. The van der Waals surface area contributed by atoms with Crippen molar-refractivity contribution in [2.45, 2.75) is 44.9 Å². The standard InChI is InChI=1S/C32H36ClN3O3/c1-23-7-5-6-10-28(23)32(38)36-19-17-35(18-20-36)30-16-13-26(21-29(30)33)34-31(37)22-39-27-14-11-25(12-15-27)24-8-3-2-4-9-24/h5-7,10-16,21,24H,2-4,8-9,17-20,22H2,1H3,(H,34,37). The third-order valence-electron chi connectivity index (χ3n) is 7.84. The van der Waals surface area contributed by atoms with Gasteiger partial charge in [-0.1, -0.05) is 61.2 Å². The molecule has 3 aromatic carbocycles. The second-order valence-corrected chi connectivity index (χ2v) is 10.9. The number of hydrogen-bond donors (Lipinski definition) is 1. The highest BCUT2D eigenvalue weighted by molar-refractivity contribution is 6.33. The van der Waals surface area contributed by atoms with Crippen LogP contribution in [0.5, 0.6) is 5.75 Å². The number of benzene rings is 3. The lowest BCUT2D eigenvalue weighted by Crippen LogP contribution is -2.49. The molecule has 0 bridgehead atoms. The average Bonchev–Trinajstić information content (AvgIpc) is 2.97. The van der Waals surface area contributed by atoms with Crippen LogP contribution in [0.3, 0.4) is 0 Å². The van der Waals surface area contributed by atoms with Crippen molar-refractivity contribution in [3.05, 3.63) is 88.4 Å². The zero-order valence-corrected chi connectivity index (χ0v) is 23.3. The molecule has 204 valence electrons. The summed E-state index contributed by atoms with van der Waals surface area (Å²) in [6, 6.07) is 21.4. The number of carbonyl (C=O) groups is 2. The highest BCUT2D eigenvalue weighted by Gasteiger charge is 2.24. The number of aryl methyl sites for hydroxylation is 1. The first-order chi connectivity index (χ1) is 19.0. The number of nitrogens with zero attached hydrogens (tertiary/aromatic N) is 2. The molecule has 1 saturated heterocycles. The Morgan fingerprint density at radius 1 is 0.923 bits per heavy atom. The molecular weight excluding hydrogens is 510 g/mol. The maximum Gasteiger partial charge on any atom is 0.262 e. The van der Waals surface area contributed by atoms with E-state index in [-0.39, 0.29) is 18.4 Å². The summed E-state index contributed by atoms with van der Waals surface area (Å²) in [6.07, 6.45) is 6.47. The molecule has 2 fully saturated rings. The molecule has 1 N–H and O–H groups in total. The zero-order valence-electron chi connectivity index (χ0n) is 22.5. The van der Waals surface area contributed by atoms with Gasteiger partial charge in [0.05, 0.1) is 10.7 Å². The fraction of sp³-hybridized carbons (Fsp3) is 0.375. The highest BCUT2D eigenvalue weighted by atomic mass is 35.5. The molecule has 0 unspecified atom stereocenters. The summed E-state index contributed by atoms with van der Waals surface area (Å²) in [6.45, 7) is 4.53. The van der Waals surface area contributed by atoms with Gasteiger partial charge in [-0.25, -0.2) is 0 Å². The minimum absolute atomic E-state index is 0.0688. The van der Waals surface area contributed by atoms with E-state index in [0.29, 0.717) is 48.6 Å². The summed E-state index contributed by atoms with van der Waals surface area (Å²) >= 11 is 6.61. The van der Waals surface area contributed by atoms with Crippen LogP contribution in [0.4, 0.5) is 11.4 Å². The van der Waals surface area contributed by atoms with E-state index in [9.17, 15) is 9.59 Å². The van der Waals surface area contributed by atoms with Gasteiger partial charge in [-0.3, -0.25) is 9.59 Å². The smallest absolute Gasteiger partial charge is 0.262 e. The molecule has 1 heterocycles. The lowest BCUT2D eigenvalue weighted by Gasteiger charge is -2.36. The first-order valence-corrected chi connectivity index (χ1v) is 14.3. The molecule has 0 radical (unpaired) electrons. The van der Waals surface area contributed by atoms with Gasteiger partial charge >= 0.3 is 0 Å². The Bertz CT molecular complexity index is 1300. The van der Waals surface area contributed by atoms with E-state index in [2.05, 4.69) is 22.3 Å². The summed E-state index contributed by atoms with van der Waals surface area (Å²) in [4.78, 5) is 29.5. The number of amides is 2. The largest absolute Gasteiger partial charge is 0.484 e. The minimum Gasteiger partial charge on any atom is -0.484 e. The van der Waals surface area contributed by atoms with Crippen LogP contribution in [-0.2, 0) is 4.79 Å². The number of hydrogen-bond acceptors (Lipinski definition) is 4. The number of piperazine rings is 1.